The molecule has 0 fully saturated rings. The fourth-order valence-corrected chi connectivity index (χ4v) is 7.26. The highest BCUT2D eigenvalue weighted by Gasteiger charge is 2.11. The molecule has 0 saturated heterocycles. The van der Waals surface area contributed by atoms with Gasteiger partial charge in [-0.05, 0) is 112 Å². The number of anilines is 3. The van der Waals surface area contributed by atoms with Crippen LogP contribution in [-0.4, -0.2) is 105 Å². The van der Waals surface area contributed by atoms with Crippen molar-refractivity contribution in [2.75, 3.05) is 79.3 Å². The first kappa shape index (κ1) is 47.7. The van der Waals surface area contributed by atoms with Gasteiger partial charge in [0.2, 0.25) is 30.1 Å². The Hall–Kier alpha value is -3.41. The Labute approximate surface area is 331 Å². The number of nitrogens with zero attached hydrogens (tertiary/aromatic N) is 2. The number of ether oxygens (including phenoxy) is 1. The summed E-state index contributed by atoms with van der Waals surface area (Å²) in [7, 11) is -7.81. The third kappa shape index (κ3) is 23.3. The Morgan fingerprint density at radius 2 is 1.09 bits per heavy atom. The highest BCUT2D eigenvalue weighted by Crippen LogP contribution is 2.21. The van der Waals surface area contributed by atoms with E-state index in [4.69, 9.17) is 4.74 Å². The van der Waals surface area contributed by atoms with Crippen LogP contribution in [0.15, 0.2) is 72.8 Å². The van der Waals surface area contributed by atoms with Gasteiger partial charge in [-0.25, -0.2) is 25.3 Å². The average molecular weight is 826 g/mol. The summed E-state index contributed by atoms with van der Waals surface area (Å²) in [5.41, 5.74) is 3.51. The van der Waals surface area contributed by atoms with E-state index in [2.05, 4.69) is 37.8 Å². The van der Waals surface area contributed by atoms with Crippen molar-refractivity contribution in [1.29, 1.82) is 0 Å². The van der Waals surface area contributed by atoms with E-state index < -0.39 is 36.2 Å². The van der Waals surface area contributed by atoms with E-state index in [-0.39, 0.29) is 0 Å². The smallest absolute Gasteiger partial charge is 0.229 e. The summed E-state index contributed by atoms with van der Waals surface area (Å²) in [6.45, 7) is 9.70. The standard InChI is InChI=1S/C20H36N2O3S.C19H27N3O5S2/c1-4-6-7-8-9-16-22(5-2)17-10-11-20(23)18-12-14-19(15-13-18)21-26(3,24)25;1-22(13-12-16-4-6-17(7-5-16)20-28(2,23)24)14-15-27-19-10-8-18(9-11-19)21-29(3,25)26/h12-15,20-21,23H,4-11,16-17H2,1-3H3;4-11,20-21H,12-15H2,1-3H3. The van der Waals surface area contributed by atoms with Gasteiger partial charge in [-0.15, -0.1) is 0 Å². The number of hydrogen-bond acceptors (Lipinski definition) is 10. The lowest BCUT2D eigenvalue weighted by Crippen LogP contribution is -2.26. The summed E-state index contributed by atoms with van der Waals surface area (Å²) in [6.07, 6.45) is 11.8. The van der Waals surface area contributed by atoms with Crippen LogP contribution >= 0.6 is 0 Å². The molecule has 13 nitrogen and oxygen atoms in total. The summed E-state index contributed by atoms with van der Waals surface area (Å²) in [6, 6.07) is 21.0. The van der Waals surface area contributed by atoms with Crippen LogP contribution in [0.5, 0.6) is 5.75 Å². The van der Waals surface area contributed by atoms with Gasteiger partial charge in [0.15, 0.2) is 0 Å². The van der Waals surface area contributed by atoms with Crippen molar-refractivity contribution in [2.24, 2.45) is 0 Å². The molecule has 0 amide bonds. The molecule has 0 aliphatic rings. The van der Waals surface area contributed by atoms with Crippen LogP contribution in [0.3, 0.4) is 0 Å². The molecular weight excluding hydrogens is 763 g/mol. The first-order valence-corrected chi connectivity index (χ1v) is 24.5. The summed E-state index contributed by atoms with van der Waals surface area (Å²) >= 11 is 0. The molecule has 1 unspecified atom stereocenters. The quantitative estimate of drug-likeness (QED) is 0.0727. The second-order valence-electron chi connectivity index (χ2n) is 13.9. The predicted octanol–water partition coefficient (Wildman–Crippen LogP) is 6.15. The van der Waals surface area contributed by atoms with E-state index in [0.717, 1.165) is 75.5 Å². The second-order valence-corrected chi connectivity index (χ2v) is 19.1. The second kappa shape index (κ2) is 24.3. The number of unbranched alkanes of at least 4 members (excludes halogenated alkanes) is 4. The summed E-state index contributed by atoms with van der Waals surface area (Å²) in [5, 5.41) is 10.3. The molecule has 3 rings (SSSR count). The van der Waals surface area contributed by atoms with E-state index in [0.29, 0.717) is 35.8 Å². The lowest BCUT2D eigenvalue weighted by molar-refractivity contribution is 0.155. The number of rotatable bonds is 25. The molecule has 1 atom stereocenters. The molecule has 0 heterocycles. The zero-order valence-electron chi connectivity index (χ0n) is 33.3. The third-order valence-corrected chi connectivity index (χ3v) is 10.3. The van der Waals surface area contributed by atoms with Crippen LogP contribution in [0.1, 0.15) is 76.0 Å². The van der Waals surface area contributed by atoms with Gasteiger partial charge in [-0.3, -0.25) is 14.2 Å². The van der Waals surface area contributed by atoms with E-state index in [1.54, 1.807) is 60.7 Å². The van der Waals surface area contributed by atoms with E-state index in [9.17, 15) is 30.4 Å². The molecule has 0 spiro atoms. The van der Waals surface area contributed by atoms with Gasteiger partial charge in [0, 0.05) is 30.2 Å². The van der Waals surface area contributed by atoms with Gasteiger partial charge in [0.05, 0.1) is 24.9 Å². The lowest BCUT2D eigenvalue weighted by atomic mass is 10.0. The zero-order valence-corrected chi connectivity index (χ0v) is 35.8. The van der Waals surface area contributed by atoms with Gasteiger partial charge >= 0.3 is 0 Å². The van der Waals surface area contributed by atoms with Crippen LogP contribution in [-0.2, 0) is 36.5 Å². The first-order chi connectivity index (χ1) is 25.9. The molecule has 3 aromatic rings. The molecule has 0 aliphatic heterocycles. The fourth-order valence-electron chi connectivity index (χ4n) is 5.57. The van der Waals surface area contributed by atoms with Crippen molar-refractivity contribution < 1.29 is 35.1 Å². The van der Waals surface area contributed by atoms with Gasteiger partial charge in [-0.2, -0.15) is 0 Å². The Bertz CT molecular complexity index is 1840. The molecule has 0 bridgehead atoms. The number of aliphatic hydroxyl groups is 1. The van der Waals surface area contributed by atoms with Crippen molar-refractivity contribution in [1.82, 2.24) is 9.80 Å². The van der Waals surface area contributed by atoms with E-state index in [1.807, 2.05) is 19.2 Å². The number of likely N-dealkylation sites (N-methyl/N-ethyl adjacent to an activating group) is 1. The van der Waals surface area contributed by atoms with Crippen LogP contribution in [0.4, 0.5) is 17.1 Å². The largest absolute Gasteiger partial charge is 0.492 e. The molecule has 55 heavy (non-hydrogen) atoms. The number of sulfonamides is 3. The lowest BCUT2D eigenvalue weighted by Gasteiger charge is -2.21. The van der Waals surface area contributed by atoms with Gasteiger partial charge < -0.3 is 19.6 Å². The van der Waals surface area contributed by atoms with Crippen molar-refractivity contribution in [3.63, 3.8) is 0 Å². The first-order valence-electron chi connectivity index (χ1n) is 18.8. The highest BCUT2D eigenvalue weighted by atomic mass is 32.2. The predicted molar refractivity (Wildman–Crippen MR) is 226 cm³/mol. The van der Waals surface area contributed by atoms with Crippen molar-refractivity contribution >= 4 is 47.1 Å². The number of benzene rings is 3. The van der Waals surface area contributed by atoms with Crippen molar-refractivity contribution in [2.45, 2.75) is 71.3 Å². The Morgan fingerprint density at radius 1 is 0.618 bits per heavy atom. The van der Waals surface area contributed by atoms with Gasteiger partial charge in [-0.1, -0.05) is 63.8 Å². The van der Waals surface area contributed by atoms with Crippen molar-refractivity contribution in [3.05, 3.63) is 83.9 Å². The molecule has 0 aromatic heterocycles. The number of hydrogen-bond donors (Lipinski definition) is 4. The van der Waals surface area contributed by atoms with Crippen LogP contribution in [0, 0.1) is 0 Å². The van der Waals surface area contributed by atoms with Crippen LogP contribution in [0.2, 0.25) is 0 Å². The number of nitrogens with one attached hydrogen (secondary N) is 3. The molecule has 310 valence electrons. The maximum Gasteiger partial charge on any atom is 0.229 e. The molecule has 0 aliphatic carbocycles. The maximum atomic E-state index is 11.2. The SMILES string of the molecule is CCCCCCCN(CC)CCCC(O)c1ccc(NS(C)(=O)=O)cc1.CN(CCOc1ccc(NS(C)(=O)=O)cc1)CCc1ccc(NS(C)(=O)=O)cc1. The Balaban J connectivity index is 0.000000383. The topological polar surface area (TPSA) is 174 Å². The average Bonchev–Trinajstić information content (AvgIpc) is 3.10. The Kier molecular flexibility index (Phi) is 21.1. The minimum absolute atomic E-state index is 0.495. The fraction of sp³-hybridized carbons (Fsp3) is 0.538. The van der Waals surface area contributed by atoms with Gasteiger partial charge in [0.1, 0.15) is 12.4 Å². The monoisotopic (exact) mass is 825 g/mol. The van der Waals surface area contributed by atoms with Gasteiger partial charge in [0.25, 0.3) is 0 Å². The maximum absolute atomic E-state index is 11.2. The molecule has 0 radical (unpaired) electrons. The molecule has 16 heteroatoms. The molecular formula is C39H63N5O8S3. The summed E-state index contributed by atoms with van der Waals surface area (Å²) < 4.78 is 80.2. The normalized spacial score (nSPS) is 12.5. The summed E-state index contributed by atoms with van der Waals surface area (Å²) in [5.74, 6) is 0.673. The van der Waals surface area contributed by atoms with Crippen LogP contribution in [0.25, 0.3) is 0 Å². The zero-order chi connectivity index (χ0) is 40.9. The molecule has 3 aromatic carbocycles. The number of aliphatic hydroxyl groups excluding tert-OH is 1. The van der Waals surface area contributed by atoms with Crippen molar-refractivity contribution in [3.8, 4) is 5.75 Å². The molecule has 4 N–H and O–H groups in total. The Morgan fingerprint density at radius 3 is 1.58 bits per heavy atom. The van der Waals surface area contributed by atoms with E-state index >= 15 is 0 Å². The minimum atomic E-state index is -3.29. The molecule has 0 saturated carbocycles. The minimum Gasteiger partial charge on any atom is -0.492 e. The van der Waals surface area contributed by atoms with E-state index in [1.165, 1.54) is 32.1 Å². The van der Waals surface area contributed by atoms with Crippen LogP contribution < -0.4 is 18.9 Å². The summed E-state index contributed by atoms with van der Waals surface area (Å²) in [4.78, 5) is 4.60. The highest BCUT2D eigenvalue weighted by molar-refractivity contribution is 7.92. The third-order valence-electron chi connectivity index (χ3n) is 8.51.